The van der Waals surface area contributed by atoms with Crippen LogP contribution < -0.4 is 10.6 Å². The molecule has 1 heterocycles. The lowest BCUT2D eigenvalue weighted by molar-refractivity contribution is -0.140. The van der Waals surface area contributed by atoms with Crippen molar-refractivity contribution in [3.05, 3.63) is 29.3 Å². The number of hydrogen-bond acceptors (Lipinski definition) is 4. The second-order valence-electron chi connectivity index (χ2n) is 6.13. The highest BCUT2D eigenvalue weighted by molar-refractivity contribution is 6.00. The summed E-state index contributed by atoms with van der Waals surface area (Å²) >= 11 is 0. The number of rotatable bonds is 4. The van der Waals surface area contributed by atoms with E-state index < -0.39 is 5.60 Å². The van der Waals surface area contributed by atoms with Crippen molar-refractivity contribution >= 4 is 17.5 Å². The van der Waals surface area contributed by atoms with Gasteiger partial charge in [-0.3, -0.25) is 9.59 Å². The number of nitrogens with zero attached hydrogens (tertiary/aromatic N) is 1. The van der Waals surface area contributed by atoms with Crippen LogP contribution in [-0.4, -0.2) is 56.6 Å². The average molecular weight is 319 g/mol. The van der Waals surface area contributed by atoms with Crippen LogP contribution in [0.1, 0.15) is 28.8 Å². The first-order chi connectivity index (χ1) is 10.9. The second-order valence-corrected chi connectivity index (χ2v) is 6.13. The zero-order chi connectivity index (χ0) is 17.0. The van der Waals surface area contributed by atoms with Gasteiger partial charge in [-0.2, -0.15) is 0 Å². The predicted octanol–water partition coefficient (Wildman–Crippen LogP) is 1.40. The molecule has 2 rings (SSSR count). The average Bonchev–Trinajstić information content (AvgIpc) is 2.56. The highest BCUT2D eigenvalue weighted by Gasteiger charge is 2.39. The summed E-state index contributed by atoms with van der Waals surface area (Å²) in [7, 11) is 4.99. The van der Waals surface area contributed by atoms with E-state index in [1.165, 1.54) is 4.90 Å². The van der Waals surface area contributed by atoms with Gasteiger partial charge in [-0.15, -0.1) is 0 Å². The van der Waals surface area contributed by atoms with Crippen molar-refractivity contribution in [3.8, 4) is 0 Å². The first-order valence-corrected chi connectivity index (χ1v) is 7.79. The van der Waals surface area contributed by atoms with E-state index in [4.69, 9.17) is 4.74 Å². The molecule has 0 unspecified atom stereocenters. The third kappa shape index (κ3) is 3.71. The van der Waals surface area contributed by atoms with Crippen molar-refractivity contribution in [1.82, 2.24) is 10.2 Å². The van der Waals surface area contributed by atoms with Crippen LogP contribution in [0, 0.1) is 6.92 Å². The van der Waals surface area contributed by atoms with Gasteiger partial charge < -0.3 is 20.3 Å². The van der Waals surface area contributed by atoms with Crippen LogP contribution in [0.2, 0.25) is 0 Å². The van der Waals surface area contributed by atoms with Crippen molar-refractivity contribution in [2.75, 3.05) is 39.6 Å². The summed E-state index contributed by atoms with van der Waals surface area (Å²) in [4.78, 5) is 26.4. The van der Waals surface area contributed by atoms with E-state index in [0.717, 1.165) is 18.7 Å². The van der Waals surface area contributed by atoms with E-state index >= 15 is 0 Å². The minimum absolute atomic E-state index is 0.0816. The summed E-state index contributed by atoms with van der Waals surface area (Å²) in [5.41, 5.74) is 1.28. The van der Waals surface area contributed by atoms with Crippen LogP contribution in [0.5, 0.6) is 0 Å². The Hall–Kier alpha value is -1.92. The quantitative estimate of drug-likeness (QED) is 0.880. The molecule has 126 valence electrons. The van der Waals surface area contributed by atoms with E-state index in [1.54, 1.807) is 27.3 Å². The van der Waals surface area contributed by atoms with Gasteiger partial charge in [0.05, 0.1) is 0 Å². The van der Waals surface area contributed by atoms with E-state index in [2.05, 4.69) is 10.6 Å². The molecule has 0 spiro atoms. The Morgan fingerprint density at radius 3 is 2.48 bits per heavy atom. The van der Waals surface area contributed by atoms with Crippen LogP contribution >= 0.6 is 0 Å². The Morgan fingerprint density at radius 1 is 1.26 bits per heavy atom. The molecule has 1 aliphatic heterocycles. The van der Waals surface area contributed by atoms with Crippen LogP contribution in [0.3, 0.4) is 0 Å². The molecule has 0 aromatic heterocycles. The van der Waals surface area contributed by atoms with E-state index in [0.29, 0.717) is 24.1 Å². The molecule has 6 nitrogen and oxygen atoms in total. The molecular weight excluding hydrogens is 294 g/mol. The summed E-state index contributed by atoms with van der Waals surface area (Å²) in [5.74, 6) is -0.240. The van der Waals surface area contributed by atoms with Crippen molar-refractivity contribution in [2.45, 2.75) is 25.4 Å². The third-order valence-electron chi connectivity index (χ3n) is 4.35. The number of nitrogens with one attached hydrogen (secondary N) is 2. The molecule has 23 heavy (non-hydrogen) atoms. The number of carbonyl (C=O) groups is 2. The number of amides is 2. The van der Waals surface area contributed by atoms with Gasteiger partial charge in [0, 0.05) is 32.5 Å². The van der Waals surface area contributed by atoms with Gasteiger partial charge >= 0.3 is 0 Å². The monoisotopic (exact) mass is 319 g/mol. The Kier molecular flexibility index (Phi) is 5.38. The number of hydrogen-bond donors (Lipinski definition) is 2. The zero-order valence-corrected chi connectivity index (χ0v) is 14.2. The maximum atomic E-state index is 12.7. The molecule has 2 N–H and O–H groups in total. The smallest absolute Gasteiger partial charge is 0.256 e. The highest BCUT2D eigenvalue weighted by Crippen LogP contribution is 2.25. The van der Waals surface area contributed by atoms with Crippen LogP contribution in [0.15, 0.2) is 18.2 Å². The lowest BCUT2D eigenvalue weighted by Crippen LogP contribution is -2.51. The maximum Gasteiger partial charge on any atom is 0.256 e. The molecule has 0 bridgehead atoms. The molecule has 1 aliphatic rings. The van der Waals surface area contributed by atoms with Gasteiger partial charge in [-0.25, -0.2) is 0 Å². The SMILES string of the molecule is COC1(C(=O)Nc2ccc(C)c(C(=O)N(C)C)c2)CCNCC1. The van der Waals surface area contributed by atoms with Gasteiger partial charge in [0.1, 0.15) is 5.60 Å². The van der Waals surface area contributed by atoms with Gasteiger partial charge in [0.25, 0.3) is 11.8 Å². The number of anilines is 1. The summed E-state index contributed by atoms with van der Waals surface area (Å²) < 4.78 is 5.53. The van der Waals surface area contributed by atoms with Gasteiger partial charge in [0.15, 0.2) is 0 Å². The van der Waals surface area contributed by atoms with Crippen molar-refractivity contribution < 1.29 is 14.3 Å². The second kappa shape index (κ2) is 7.10. The fraction of sp³-hybridized carbons (Fsp3) is 0.529. The summed E-state index contributed by atoms with van der Waals surface area (Å²) in [6.45, 7) is 3.38. The molecule has 1 aromatic carbocycles. The normalized spacial score (nSPS) is 16.7. The van der Waals surface area contributed by atoms with Crippen LogP contribution in [0.25, 0.3) is 0 Å². The molecular formula is C17H25N3O3. The number of carbonyl (C=O) groups excluding carboxylic acids is 2. The number of benzene rings is 1. The minimum Gasteiger partial charge on any atom is -0.368 e. The topological polar surface area (TPSA) is 70.7 Å². The molecule has 1 aromatic rings. The van der Waals surface area contributed by atoms with Gasteiger partial charge in [0.2, 0.25) is 0 Å². The number of methoxy groups -OCH3 is 1. The lowest BCUT2D eigenvalue weighted by Gasteiger charge is -2.34. The standard InChI is InChI=1S/C17H25N3O3/c1-12-5-6-13(11-14(12)15(21)20(2)3)19-16(22)17(23-4)7-9-18-10-8-17/h5-6,11,18H,7-10H2,1-4H3,(H,19,22). The molecule has 0 aliphatic carbocycles. The molecule has 1 fully saturated rings. The highest BCUT2D eigenvalue weighted by atomic mass is 16.5. The Bertz CT molecular complexity index is 593. The Morgan fingerprint density at radius 2 is 1.91 bits per heavy atom. The maximum absolute atomic E-state index is 12.7. The predicted molar refractivity (Wildman–Crippen MR) is 89.7 cm³/mol. The number of aryl methyl sites for hydroxylation is 1. The van der Waals surface area contributed by atoms with E-state index in [1.807, 2.05) is 19.1 Å². The molecule has 0 saturated carbocycles. The largest absolute Gasteiger partial charge is 0.368 e. The number of ether oxygens (including phenoxy) is 1. The van der Waals surface area contributed by atoms with Crippen LogP contribution in [0.4, 0.5) is 5.69 Å². The molecule has 6 heteroatoms. The summed E-state index contributed by atoms with van der Waals surface area (Å²) in [6.07, 6.45) is 1.26. The van der Waals surface area contributed by atoms with Gasteiger partial charge in [-0.1, -0.05) is 6.07 Å². The van der Waals surface area contributed by atoms with Crippen molar-refractivity contribution in [2.24, 2.45) is 0 Å². The van der Waals surface area contributed by atoms with Crippen LogP contribution in [-0.2, 0) is 9.53 Å². The fourth-order valence-electron chi connectivity index (χ4n) is 2.77. The van der Waals surface area contributed by atoms with E-state index in [-0.39, 0.29) is 11.8 Å². The fourth-order valence-corrected chi connectivity index (χ4v) is 2.77. The Labute approximate surface area is 137 Å². The lowest BCUT2D eigenvalue weighted by atomic mass is 9.91. The minimum atomic E-state index is -0.804. The first-order valence-electron chi connectivity index (χ1n) is 7.79. The van der Waals surface area contributed by atoms with Gasteiger partial charge in [-0.05, 0) is 50.6 Å². The van der Waals surface area contributed by atoms with Crippen molar-refractivity contribution in [3.63, 3.8) is 0 Å². The Balaban J connectivity index is 2.21. The zero-order valence-electron chi connectivity index (χ0n) is 14.2. The molecule has 0 radical (unpaired) electrons. The summed E-state index contributed by atoms with van der Waals surface area (Å²) in [5, 5.41) is 6.13. The van der Waals surface area contributed by atoms with E-state index in [9.17, 15) is 9.59 Å². The molecule has 0 atom stereocenters. The first kappa shape index (κ1) is 17.4. The molecule has 2 amide bonds. The molecule has 1 saturated heterocycles. The van der Waals surface area contributed by atoms with Crippen molar-refractivity contribution in [1.29, 1.82) is 0 Å². The number of piperidine rings is 1. The summed E-state index contributed by atoms with van der Waals surface area (Å²) in [6, 6.07) is 5.37. The third-order valence-corrected chi connectivity index (χ3v) is 4.35.